The molecule has 0 unspecified atom stereocenters. The molecule has 15 heavy (non-hydrogen) atoms. The van der Waals surface area contributed by atoms with E-state index in [-0.39, 0.29) is 20.9 Å². The molecule has 2 N–H and O–H groups in total. The second-order valence-electron chi connectivity index (χ2n) is 3.02. The van der Waals surface area contributed by atoms with Crippen LogP contribution in [0.5, 0.6) is 0 Å². The van der Waals surface area contributed by atoms with Crippen molar-refractivity contribution >= 4 is 37.6 Å². The van der Waals surface area contributed by atoms with Crippen molar-refractivity contribution < 1.29 is 4.79 Å². The number of rotatable bonds is 3. The molecule has 2 rings (SSSR count). The van der Waals surface area contributed by atoms with Crippen molar-refractivity contribution in [2.75, 3.05) is 18.9 Å². The molecule has 1 heterocycles. The first-order valence-corrected chi connectivity index (χ1v) is 6.00. The van der Waals surface area contributed by atoms with Gasteiger partial charge in [0.25, 0.3) is 0 Å². The summed E-state index contributed by atoms with van der Waals surface area (Å²) in [7, 11) is 1.73. The molecular weight excluding hydrogens is 259 g/mol. The summed E-state index contributed by atoms with van der Waals surface area (Å²) < 4.78 is 8.52. The fourth-order valence-corrected chi connectivity index (χ4v) is 2.42. The van der Waals surface area contributed by atoms with Crippen molar-refractivity contribution in [3.63, 3.8) is 0 Å². The maximum atomic E-state index is 11.4. The summed E-state index contributed by atoms with van der Waals surface area (Å²) in [5.74, 6) is -0.0690. The van der Waals surface area contributed by atoms with Crippen molar-refractivity contribution in [2.45, 2.75) is 0 Å². The fraction of sp³-hybridized carbons (Fsp3) is 0.222. The molecule has 0 radical (unpaired) electrons. The van der Waals surface area contributed by atoms with E-state index in [9.17, 15) is 4.79 Å². The molecule has 0 aliphatic carbocycles. The third kappa shape index (κ3) is 2.23. The number of benzene rings is 1. The summed E-state index contributed by atoms with van der Waals surface area (Å²) in [6, 6.07) is 5.61. The second-order valence-corrected chi connectivity index (χ2v) is 4.12. The molecule has 0 bridgehead atoms. The second kappa shape index (κ2) is 4.53. The zero-order valence-corrected chi connectivity index (χ0v) is 9.86. The Hall–Kier alpha value is -1.23. The molecule has 0 saturated carbocycles. The first-order chi connectivity index (χ1) is 7.31. The monoisotopic (exact) mass is 270 g/mol. The van der Waals surface area contributed by atoms with Crippen molar-refractivity contribution in [3.8, 4) is 0 Å². The third-order valence-electron chi connectivity index (χ3n) is 1.90. The number of carbonyl (C=O) groups is 1. The van der Waals surface area contributed by atoms with Gasteiger partial charge in [0.15, 0.2) is 0 Å². The SMILES string of the molecule is CNCC(=O)Nc1cccc2n[se]nc12. The molecule has 1 aromatic heterocycles. The molecule has 0 atom stereocenters. The van der Waals surface area contributed by atoms with Gasteiger partial charge >= 0.3 is 92.8 Å². The predicted molar refractivity (Wildman–Crippen MR) is 59.0 cm³/mol. The van der Waals surface area contributed by atoms with Crippen LogP contribution in [0.3, 0.4) is 0 Å². The number of nitrogens with one attached hydrogen (secondary N) is 2. The summed E-state index contributed by atoms with van der Waals surface area (Å²) in [5, 5.41) is 5.59. The van der Waals surface area contributed by atoms with Gasteiger partial charge in [0, 0.05) is 0 Å². The van der Waals surface area contributed by atoms with Crippen LogP contribution in [0, 0.1) is 0 Å². The molecule has 0 aliphatic heterocycles. The summed E-state index contributed by atoms with van der Waals surface area (Å²) >= 11 is -0.0633. The number of carbonyl (C=O) groups excluding carboxylic acids is 1. The number of anilines is 1. The Morgan fingerprint density at radius 1 is 1.47 bits per heavy atom. The van der Waals surface area contributed by atoms with E-state index in [0.717, 1.165) is 16.7 Å². The Morgan fingerprint density at radius 3 is 3.13 bits per heavy atom. The van der Waals surface area contributed by atoms with Crippen LogP contribution in [0.2, 0.25) is 0 Å². The molecule has 1 amide bonds. The third-order valence-corrected chi connectivity index (χ3v) is 3.04. The van der Waals surface area contributed by atoms with Crippen molar-refractivity contribution in [1.29, 1.82) is 0 Å². The Balaban J connectivity index is 2.27. The predicted octanol–water partition coefficient (Wildman–Crippen LogP) is -0.155. The van der Waals surface area contributed by atoms with Gasteiger partial charge < -0.3 is 0 Å². The summed E-state index contributed by atoms with van der Waals surface area (Å²) in [6.45, 7) is 0.298. The minimum atomic E-state index is -0.0690. The fourth-order valence-electron chi connectivity index (χ4n) is 1.26. The standard InChI is InChI=1S/C9H10N4OSe/c1-10-5-8(14)11-6-3-2-4-7-9(6)13-15-12-7/h2-4,10H,5H2,1H3,(H,11,14). The Bertz CT molecular complexity index is 482. The van der Waals surface area contributed by atoms with Gasteiger partial charge in [-0.1, -0.05) is 0 Å². The first-order valence-electron chi connectivity index (χ1n) is 4.47. The average molecular weight is 269 g/mol. The van der Waals surface area contributed by atoms with Crippen LogP contribution in [0.4, 0.5) is 5.69 Å². The molecule has 0 fully saturated rings. The number of hydrogen-bond acceptors (Lipinski definition) is 4. The van der Waals surface area contributed by atoms with E-state index < -0.39 is 0 Å². The van der Waals surface area contributed by atoms with Gasteiger partial charge in [-0.2, -0.15) is 0 Å². The number of fused-ring (bicyclic) bond motifs is 1. The van der Waals surface area contributed by atoms with Crippen LogP contribution in [0.15, 0.2) is 18.2 Å². The van der Waals surface area contributed by atoms with Crippen LogP contribution in [0.25, 0.3) is 11.0 Å². The summed E-state index contributed by atoms with van der Waals surface area (Å²) in [6.07, 6.45) is 0. The molecule has 0 aliphatic rings. The number of nitrogens with zero attached hydrogens (tertiary/aromatic N) is 2. The average Bonchev–Trinajstić information content (AvgIpc) is 2.67. The Morgan fingerprint density at radius 2 is 2.33 bits per heavy atom. The number of amides is 1. The van der Waals surface area contributed by atoms with E-state index in [2.05, 4.69) is 18.6 Å². The molecule has 5 nitrogen and oxygen atoms in total. The van der Waals surface area contributed by atoms with E-state index in [4.69, 9.17) is 0 Å². The molecule has 78 valence electrons. The van der Waals surface area contributed by atoms with Crippen LogP contribution in [0.1, 0.15) is 0 Å². The molecule has 0 spiro atoms. The quantitative estimate of drug-likeness (QED) is 0.760. The molecule has 1 aromatic carbocycles. The molecule has 2 aromatic rings. The van der Waals surface area contributed by atoms with Gasteiger partial charge in [0.2, 0.25) is 0 Å². The Labute approximate surface area is 93.1 Å². The van der Waals surface area contributed by atoms with Gasteiger partial charge in [0.05, 0.1) is 0 Å². The van der Waals surface area contributed by atoms with E-state index in [1.54, 1.807) is 7.05 Å². The van der Waals surface area contributed by atoms with Gasteiger partial charge in [0.1, 0.15) is 0 Å². The van der Waals surface area contributed by atoms with Crippen LogP contribution in [-0.4, -0.2) is 42.4 Å². The van der Waals surface area contributed by atoms with E-state index in [1.165, 1.54) is 0 Å². The molecular formula is C9H10N4OSe. The van der Waals surface area contributed by atoms with Crippen LogP contribution >= 0.6 is 0 Å². The molecule has 6 heteroatoms. The number of aromatic nitrogens is 2. The maximum absolute atomic E-state index is 11.4. The Kier molecular flexibility index (Phi) is 3.11. The number of likely N-dealkylation sites (N-methyl/N-ethyl adjacent to an activating group) is 1. The van der Waals surface area contributed by atoms with Crippen molar-refractivity contribution in [3.05, 3.63) is 18.2 Å². The van der Waals surface area contributed by atoms with Crippen LogP contribution < -0.4 is 10.6 Å². The zero-order chi connectivity index (χ0) is 10.7. The first kappa shape index (κ1) is 10.3. The summed E-state index contributed by atoms with van der Waals surface area (Å²) in [5.41, 5.74) is 2.43. The zero-order valence-electron chi connectivity index (χ0n) is 8.15. The summed E-state index contributed by atoms with van der Waals surface area (Å²) in [4.78, 5) is 11.4. The normalized spacial score (nSPS) is 10.5. The minimum absolute atomic E-state index is 0.0633. The van der Waals surface area contributed by atoms with Gasteiger partial charge in [-0.25, -0.2) is 0 Å². The van der Waals surface area contributed by atoms with Gasteiger partial charge in [-0.3, -0.25) is 0 Å². The van der Waals surface area contributed by atoms with E-state index in [1.807, 2.05) is 18.2 Å². The van der Waals surface area contributed by atoms with Gasteiger partial charge in [-0.05, 0) is 0 Å². The molecule has 0 saturated heterocycles. The van der Waals surface area contributed by atoms with Crippen LogP contribution in [-0.2, 0) is 4.79 Å². The van der Waals surface area contributed by atoms with Gasteiger partial charge in [-0.15, -0.1) is 0 Å². The van der Waals surface area contributed by atoms with E-state index in [0.29, 0.717) is 6.54 Å². The van der Waals surface area contributed by atoms with Crippen molar-refractivity contribution in [1.82, 2.24) is 13.3 Å². The van der Waals surface area contributed by atoms with E-state index >= 15 is 0 Å². The number of hydrogen-bond donors (Lipinski definition) is 2. The topological polar surface area (TPSA) is 66.9 Å². The van der Waals surface area contributed by atoms with Crippen molar-refractivity contribution in [2.24, 2.45) is 0 Å².